The summed E-state index contributed by atoms with van der Waals surface area (Å²) in [5, 5.41) is 2.91. The van der Waals surface area contributed by atoms with Gasteiger partial charge in [-0.1, -0.05) is 23.7 Å². The Labute approximate surface area is 142 Å². The molecule has 3 aromatic heterocycles. The molecule has 0 radical (unpaired) electrons. The lowest BCUT2D eigenvalue weighted by molar-refractivity contribution is 0.247. The Morgan fingerprint density at radius 1 is 1.21 bits per heavy atom. The molecule has 24 heavy (non-hydrogen) atoms. The third kappa shape index (κ3) is 3.31. The van der Waals surface area contributed by atoms with Crippen molar-refractivity contribution in [2.24, 2.45) is 5.73 Å². The first-order chi connectivity index (χ1) is 11.6. The van der Waals surface area contributed by atoms with Gasteiger partial charge in [0.05, 0.1) is 23.6 Å². The van der Waals surface area contributed by atoms with Gasteiger partial charge in [0.1, 0.15) is 16.4 Å². The van der Waals surface area contributed by atoms with Gasteiger partial charge in [-0.3, -0.25) is 4.98 Å². The molecule has 0 saturated carbocycles. The van der Waals surface area contributed by atoms with E-state index in [1.165, 1.54) is 6.08 Å². The van der Waals surface area contributed by atoms with Gasteiger partial charge in [0.2, 0.25) is 0 Å². The van der Waals surface area contributed by atoms with Crippen LogP contribution < -0.4 is 11.1 Å². The number of carbonyl (C=O) groups excluding carboxylic acids is 1. The Kier molecular flexibility index (Phi) is 4.35. The molecule has 2 amide bonds. The van der Waals surface area contributed by atoms with Crippen molar-refractivity contribution in [1.82, 2.24) is 25.3 Å². The van der Waals surface area contributed by atoms with Gasteiger partial charge in [0, 0.05) is 0 Å². The van der Waals surface area contributed by atoms with Crippen molar-refractivity contribution in [3.63, 3.8) is 0 Å². The van der Waals surface area contributed by atoms with E-state index in [0.717, 1.165) is 0 Å². The van der Waals surface area contributed by atoms with Gasteiger partial charge < -0.3 is 11.1 Å². The second-order valence-electron chi connectivity index (χ2n) is 4.90. The number of hydrogen-bond donors (Lipinski definition) is 2. The molecule has 3 aromatic rings. The predicted molar refractivity (Wildman–Crippen MR) is 91.2 cm³/mol. The van der Waals surface area contributed by atoms with Gasteiger partial charge in [-0.15, -0.1) is 6.58 Å². The molecule has 8 heteroatoms. The van der Waals surface area contributed by atoms with Crippen LogP contribution in [0.4, 0.5) is 4.79 Å². The van der Waals surface area contributed by atoms with E-state index in [1.807, 2.05) is 0 Å². The molecule has 0 spiro atoms. The van der Waals surface area contributed by atoms with Gasteiger partial charge in [0.25, 0.3) is 0 Å². The number of aromatic nitrogens is 4. The second kappa shape index (κ2) is 6.59. The second-order valence-corrected chi connectivity index (χ2v) is 5.29. The van der Waals surface area contributed by atoms with Crippen LogP contribution in [0, 0.1) is 0 Å². The van der Waals surface area contributed by atoms with Gasteiger partial charge in [0.15, 0.2) is 5.65 Å². The number of nitrogens with two attached hydrogens (primary N) is 1. The highest BCUT2D eigenvalue weighted by atomic mass is 35.5. The van der Waals surface area contributed by atoms with Gasteiger partial charge in [-0.25, -0.2) is 19.7 Å². The zero-order chi connectivity index (χ0) is 17.1. The van der Waals surface area contributed by atoms with Crippen LogP contribution in [0.5, 0.6) is 0 Å². The van der Waals surface area contributed by atoms with E-state index in [2.05, 4.69) is 31.8 Å². The van der Waals surface area contributed by atoms with Crippen LogP contribution in [0.15, 0.2) is 49.2 Å². The lowest BCUT2D eigenvalue weighted by atomic mass is 10.2. The van der Waals surface area contributed by atoms with Gasteiger partial charge in [-0.05, 0) is 24.3 Å². The van der Waals surface area contributed by atoms with E-state index in [1.54, 1.807) is 36.5 Å². The monoisotopic (exact) mass is 340 g/mol. The smallest absolute Gasteiger partial charge is 0.312 e. The van der Waals surface area contributed by atoms with E-state index in [4.69, 9.17) is 17.3 Å². The van der Waals surface area contributed by atoms with Crippen molar-refractivity contribution in [2.45, 2.75) is 6.04 Å². The zero-order valence-electron chi connectivity index (χ0n) is 12.5. The fourth-order valence-electron chi connectivity index (χ4n) is 2.17. The molecule has 0 saturated heterocycles. The lowest BCUT2D eigenvalue weighted by Crippen LogP contribution is -2.32. The summed E-state index contributed by atoms with van der Waals surface area (Å²) < 4.78 is 0. The fraction of sp³-hybridized carbons (Fsp3) is 0.0625. The lowest BCUT2D eigenvalue weighted by Gasteiger charge is -2.12. The SMILES string of the molecule is C=CC(NC(N)=O)c1ccc2ncc(-c3cccc(Cl)n3)nc2n1. The van der Waals surface area contributed by atoms with Crippen LogP contribution in [-0.2, 0) is 0 Å². The highest BCUT2D eigenvalue weighted by molar-refractivity contribution is 6.29. The molecule has 1 unspecified atom stereocenters. The van der Waals surface area contributed by atoms with Crippen LogP contribution in [-0.4, -0.2) is 26.0 Å². The summed E-state index contributed by atoms with van der Waals surface area (Å²) in [6, 6.07) is 7.57. The van der Waals surface area contributed by atoms with E-state index in [-0.39, 0.29) is 0 Å². The number of halogens is 1. The molecule has 3 heterocycles. The fourth-order valence-corrected chi connectivity index (χ4v) is 2.33. The quantitative estimate of drug-likeness (QED) is 0.561. The summed E-state index contributed by atoms with van der Waals surface area (Å²) in [7, 11) is 0. The number of nitrogens with zero attached hydrogens (tertiary/aromatic N) is 4. The highest BCUT2D eigenvalue weighted by Gasteiger charge is 2.13. The van der Waals surface area contributed by atoms with Crippen molar-refractivity contribution in [3.8, 4) is 11.4 Å². The standard InChI is InChI=1S/C16H13ClN6O/c1-2-9(23-16(18)24)11-6-7-12-15(21-11)22-13(8-19-12)10-4-3-5-14(17)20-10/h2-9H,1H2,(H3,18,23,24). The molecule has 0 aliphatic rings. The normalized spacial score (nSPS) is 11.9. The third-order valence-electron chi connectivity index (χ3n) is 3.26. The number of nitrogens with one attached hydrogen (secondary N) is 1. The van der Waals surface area contributed by atoms with E-state index in [0.29, 0.717) is 33.4 Å². The van der Waals surface area contributed by atoms with Crippen LogP contribution in [0.3, 0.4) is 0 Å². The average Bonchev–Trinajstić information content (AvgIpc) is 2.58. The number of urea groups is 1. The van der Waals surface area contributed by atoms with Crippen LogP contribution in [0.1, 0.15) is 11.7 Å². The maximum absolute atomic E-state index is 11.1. The average molecular weight is 341 g/mol. The Bertz CT molecular complexity index is 929. The van der Waals surface area contributed by atoms with Crippen molar-refractivity contribution in [3.05, 3.63) is 60.0 Å². The zero-order valence-corrected chi connectivity index (χ0v) is 13.2. The first-order valence-corrected chi connectivity index (χ1v) is 7.40. The summed E-state index contributed by atoms with van der Waals surface area (Å²) in [6.45, 7) is 3.67. The number of primary amides is 1. The summed E-state index contributed by atoms with van der Waals surface area (Å²) in [6.07, 6.45) is 3.14. The van der Waals surface area contributed by atoms with Crippen molar-refractivity contribution in [2.75, 3.05) is 0 Å². The van der Waals surface area contributed by atoms with Crippen molar-refractivity contribution < 1.29 is 4.79 Å². The van der Waals surface area contributed by atoms with Crippen LogP contribution >= 0.6 is 11.6 Å². The molecule has 0 aliphatic heterocycles. The first-order valence-electron chi connectivity index (χ1n) is 7.02. The minimum atomic E-state index is -0.662. The Morgan fingerprint density at radius 2 is 2.04 bits per heavy atom. The Morgan fingerprint density at radius 3 is 2.75 bits per heavy atom. The number of carbonyl (C=O) groups is 1. The van der Waals surface area contributed by atoms with E-state index in [9.17, 15) is 4.79 Å². The van der Waals surface area contributed by atoms with Crippen LogP contribution in [0.2, 0.25) is 5.15 Å². The molecule has 0 bridgehead atoms. The minimum Gasteiger partial charge on any atom is -0.352 e. The molecule has 0 aromatic carbocycles. The highest BCUT2D eigenvalue weighted by Crippen LogP contribution is 2.20. The molecule has 1 atom stereocenters. The summed E-state index contributed by atoms with van der Waals surface area (Å²) in [5.41, 5.74) is 7.90. The van der Waals surface area contributed by atoms with E-state index < -0.39 is 12.1 Å². The Hall–Kier alpha value is -3.06. The molecule has 0 aliphatic carbocycles. The predicted octanol–water partition coefficient (Wildman–Crippen LogP) is 2.64. The van der Waals surface area contributed by atoms with Crippen molar-refractivity contribution in [1.29, 1.82) is 0 Å². The summed E-state index contributed by atoms with van der Waals surface area (Å²) in [4.78, 5) is 28.5. The molecule has 3 N–H and O–H groups in total. The minimum absolute atomic E-state index is 0.369. The molecular weight excluding hydrogens is 328 g/mol. The summed E-state index contributed by atoms with van der Waals surface area (Å²) in [5.74, 6) is 0. The molecule has 120 valence electrons. The molecular formula is C16H13ClN6O. The summed E-state index contributed by atoms with van der Waals surface area (Å²) >= 11 is 5.91. The largest absolute Gasteiger partial charge is 0.352 e. The molecule has 0 fully saturated rings. The number of rotatable bonds is 4. The maximum Gasteiger partial charge on any atom is 0.312 e. The third-order valence-corrected chi connectivity index (χ3v) is 3.47. The number of pyridine rings is 2. The molecule has 7 nitrogen and oxygen atoms in total. The van der Waals surface area contributed by atoms with Crippen LogP contribution in [0.25, 0.3) is 22.6 Å². The van der Waals surface area contributed by atoms with E-state index >= 15 is 0 Å². The molecule has 3 rings (SSSR count). The topological polar surface area (TPSA) is 107 Å². The van der Waals surface area contributed by atoms with Gasteiger partial charge in [-0.2, -0.15) is 0 Å². The number of amides is 2. The maximum atomic E-state index is 11.1. The number of hydrogen-bond acceptors (Lipinski definition) is 5. The number of fused-ring (bicyclic) bond motifs is 1. The van der Waals surface area contributed by atoms with Crippen molar-refractivity contribution >= 4 is 28.8 Å². The van der Waals surface area contributed by atoms with Gasteiger partial charge >= 0.3 is 6.03 Å². The first kappa shape index (κ1) is 15.8. The Balaban J connectivity index is 2.04.